The molecule has 0 N–H and O–H groups in total. The third kappa shape index (κ3) is 3.80. The molecule has 162 valence electrons. The van der Waals surface area contributed by atoms with Gasteiger partial charge in [-0.1, -0.05) is 53.8 Å². The van der Waals surface area contributed by atoms with Crippen LogP contribution in [0, 0.1) is 0 Å². The van der Waals surface area contributed by atoms with Gasteiger partial charge in [-0.3, -0.25) is 9.36 Å². The number of fused-ring (bicyclic) bond motifs is 1. The average molecular weight is 449 g/mol. The van der Waals surface area contributed by atoms with Gasteiger partial charge >= 0.3 is 11.9 Å². The van der Waals surface area contributed by atoms with Gasteiger partial charge in [0.2, 0.25) is 0 Å². The number of ether oxygens (including phenoxy) is 2. The van der Waals surface area contributed by atoms with Gasteiger partial charge in [0.1, 0.15) is 0 Å². The Labute approximate surface area is 187 Å². The minimum Gasteiger partial charge on any atom is -0.466 e. The van der Waals surface area contributed by atoms with Crippen LogP contribution in [0.3, 0.4) is 0 Å². The summed E-state index contributed by atoms with van der Waals surface area (Å²) in [5, 5.41) is 0. The number of benzene rings is 2. The van der Waals surface area contributed by atoms with E-state index < -0.39 is 18.0 Å². The maximum Gasteiger partial charge on any atom is 0.338 e. The second-order valence-electron chi connectivity index (χ2n) is 7.10. The second-order valence-corrected chi connectivity index (χ2v) is 8.11. The number of aromatic nitrogens is 1. The largest absolute Gasteiger partial charge is 0.466 e. The molecule has 0 saturated heterocycles. The fourth-order valence-electron chi connectivity index (χ4n) is 3.63. The highest BCUT2D eigenvalue weighted by Gasteiger charge is 2.32. The highest BCUT2D eigenvalue weighted by Crippen LogP contribution is 2.30. The van der Waals surface area contributed by atoms with Crippen LogP contribution in [0.25, 0.3) is 6.08 Å². The number of rotatable bonds is 4. The Balaban J connectivity index is 1.88. The standard InChI is InChI=1S/C24H20N2O5S/c1-14-19(23(29)31-3)20(16-7-5-4-6-8-16)26-21(27)18(32-24(26)25-14)13-15-9-11-17(12-10-15)22(28)30-2/h4-13,20H,1-3H3/b18-13-/t20-/m0/s1. The maximum absolute atomic E-state index is 13.4. The summed E-state index contributed by atoms with van der Waals surface area (Å²) in [5.74, 6) is -0.947. The molecule has 2 heterocycles. The Morgan fingerprint density at radius 1 is 1.00 bits per heavy atom. The second kappa shape index (κ2) is 8.76. The van der Waals surface area contributed by atoms with E-state index in [4.69, 9.17) is 9.47 Å². The fourth-order valence-corrected chi connectivity index (χ4v) is 4.67. The fraction of sp³-hybridized carbons (Fsp3) is 0.167. The minimum atomic E-state index is -0.635. The lowest BCUT2D eigenvalue weighted by Crippen LogP contribution is -2.39. The third-order valence-corrected chi connectivity index (χ3v) is 6.15. The van der Waals surface area contributed by atoms with Crippen molar-refractivity contribution in [1.29, 1.82) is 0 Å². The van der Waals surface area contributed by atoms with Gasteiger partial charge in [-0.15, -0.1) is 0 Å². The van der Waals surface area contributed by atoms with E-state index in [-0.39, 0.29) is 5.56 Å². The van der Waals surface area contributed by atoms with Crippen LogP contribution in [0.1, 0.15) is 34.5 Å². The van der Waals surface area contributed by atoms with Gasteiger partial charge in [0.05, 0.1) is 41.6 Å². The quantitative estimate of drug-likeness (QED) is 0.571. The summed E-state index contributed by atoms with van der Waals surface area (Å²) in [6.07, 6.45) is 1.74. The molecule has 0 radical (unpaired) electrons. The first-order valence-corrected chi connectivity index (χ1v) is 10.6. The number of hydrogen-bond donors (Lipinski definition) is 0. The van der Waals surface area contributed by atoms with Gasteiger partial charge in [-0.05, 0) is 36.3 Å². The lowest BCUT2D eigenvalue weighted by atomic mass is 9.96. The van der Waals surface area contributed by atoms with Crippen molar-refractivity contribution in [3.05, 3.63) is 102 Å². The van der Waals surface area contributed by atoms with Crippen molar-refractivity contribution in [2.45, 2.75) is 13.0 Å². The Kier molecular flexibility index (Phi) is 5.87. The Morgan fingerprint density at radius 2 is 1.66 bits per heavy atom. The van der Waals surface area contributed by atoms with Gasteiger partial charge in [0.15, 0.2) is 4.80 Å². The lowest BCUT2D eigenvalue weighted by Gasteiger charge is -2.24. The highest BCUT2D eigenvalue weighted by atomic mass is 32.1. The molecule has 4 rings (SSSR count). The van der Waals surface area contributed by atoms with Crippen molar-refractivity contribution in [3.8, 4) is 0 Å². The van der Waals surface area contributed by atoms with Crippen LogP contribution in [-0.4, -0.2) is 30.7 Å². The molecule has 0 spiro atoms. The number of carbonyl (C=O) groups excluding carboxylic acids is 2. The first-order valence-electron chi connectivity index (χ1n) is 9.78. The van der Waals surface area contributed by atoms with E-state index >= 15 is 0 Å². The minimum absolute atomic E-state index is 0.256. The van der Waals surface area contributed by atoms with E-state index in [1.54, 1.807) is 37.3 Å². The summed E-state index contributed by atoms with van der Waals surface area (Å²) >= 11 is 1.25. The Morgan fingerprint density at radius 3 is 2.28 bits per heavy atom. The molecule has 1 aromatic heterocycles. The molecule has 0 fully saturated rings. The zero-order valence-corrected chi connectivity index (χ0v) is 18.5. The van der Waals surface area contributed by atoms with Crippen LogP contribution in [0.15, 0.2) is 75.7 Å². The number of nitrogens with zero attached hydrogens (tertiary/aromatic N) is 2. The molecule has 0 aliphatic carbocycles. The monoisotopic (exact) mass is 448 g/mol. The van der Waals surface area contributed by atoms with Crippen molar-refractivity contribution < 1.29 is 19.1 Å². The molecule has 0 saturated carbocycles. The Hall–Kier alpha value is -3.78. The molecule has 8 heteroatoms. The SMILES string of the molecule is COC(=O)C1=C(C)N=c2s/c(=C\c3ccc(C(=O)OC)cc3)c(=O)n2[C@H]1c1ccccc1. The van der Waals surface area contributed by atoms with Crippen molar-refractivity contribution >= 4 is 29.4 Å². The van der Waals surface area contributed by atoms with Crippen LogP contribution in [0.2, 0.25) is 0 Å². The molecule has 0 amide bonds. The molecule has 7 nitrogen and oxygen atoms in total. The highest BCUT2D eigenvalue weighted by molar-refractivity contribution is 7.07. The molecule has 32 heavy (non-hydrogen) atoms. The van der Waals surface area contributed by atoms with Gasteiger partial charge in [-0.25, -0.2) is 14.6 Å². The normalized spacial score (nSPS) is 15.7. The van der Waals surface area contributed by atoms with Gasteiger partial charge in [0.25, 0.3) is 5.56 Å². The van der Waals surface area contributed by atoms with Crippen LogP contribution in [0.4, 0.5) is 0 Å². The number of methoxy groups -OCH3 is 2. The molecule has 0 bridgehead atoms. The van der Waals surface area contributed by atoms with Gasteiger partial charge in [0, 0.05) is 0 Å². The zero-order chi connectivity index (χ0) is 22.8. The summed E-state index contributed by atoms with van der Waals surface area (Å²) in [4.78, 5) is 42.7. The molecular formula is C24H20N2O5S. The Bertz CT molecular complexity index is 1400. The number of carbonyl (C=O) groups is 2. The van der Waals surface area contributed by atoms with Crippen LogP contribution >= 0.6 is 11.3 Å². The van der Waals surface area contributed by atoms with Crippen molar-refractivity contribution in [2.75, 3.05) is 14.2 Å². The van der Waals surface area contributed by atoms with Gasteiger partial charge < -0.3 is 9.47 Å². The lowest BCUT2D eigenvalue weighted by molar-refractivity contribution is -0.136. The molecule has 2 aromatic carbocycles. The molecule has 1 aliphatic rings. The van der Waals surface area contributed by atoms with E-state index in [2.05, 4.69) is 4.99 Å². The van der Waals surface area contributed by atoms with Crippen molar-refractivity contribution in [2.24, 2.45) is 4.99 Å². The number of thiazole rings is 1. The van der Waals surface area contributed by atoms with Crippen LogP contribution in [-0.2, 0) is 14.3 Å². The predicted molar refractivity (Wildman–Crippen MR) is 120 cm³/mol. The average Bonchev–Trinajstić information content (AvgIpc) is 3.12. The first kappa shape index (κ1) is 21.5. The summed E-state index contributed by atoms with van der Waals surface area (Å²) in [6.45, 7) is 1.74. The van der Waals surface area contributed by atoms with Gasteiger partial charge in [-0.2, -0.15) is 0 Å². The topological polar surface area (TPSA) is 87.0 Å². The predicted octanol–water partition coefficient (Wildman–Crippen LogP) is 2.19. The molecular weight excluding hydrogens is 428 g/mol. The maximum atomic E-state index is 13.4. The van der Waals surface area contributed by atoms with E-state index in [1.807, 2.05) is 30.3 Å². The van der Waals surface area contributed by atoms with E-state index in [1.165, 1.54) is 30.1 Å². The molecule has 0 unspecified atom stereocenters. The van der Waals surface area contributed by atoms with Crippen LogP contribution in [0.5, 0.6) is 0 Å². The van der Waals surface area contributed by atoms with Crippen LogP contribution < -0.4 is 14.9 Å². The van der Waals surface area contributed by atoms with E-state index in [0.29, 0.717) is 26.2 Å². The zero-order valence-electron chi connectivity index (χ0n) is 17.7. The van der Waals surface area contributed by atoms with E-state index in [0.717, 1.165) is 11.1 Å². The number of allylic oxidation sites excluding steroid dienone is 1. The molecule has 3 aromatic rings. The smallest absolute Gasteiger partial charge is 0.338 e. The number of hydrogen-bond acceptors (Lipinski definition) is 7. The van der Waals surface area contributed by atoms with E-state index in [9.17, 15) is 14.4 Å². The first-order chi connectivity index (χ1) is 15.4. The summed E-state index contributed by atoms with van der Waals surface area (Å²) < 4.78 is 11.7. The summed E-state index contributed by atoms with van der Waals surface area (Å²) in [7, 11) is 2.64. The molecule has 1 aliphatic heterocycles. The van der Waals surface area contributed by atoms with Crippen molar-refractivity contribution in [3.63, 3.8) is 0 Å². The summed E-state index contributed by atoms with van der Waals surface area (Å²) in [5.41, 5.74) is 2.56. The van der Waals surface area contributed by atoms with Crippen molar-refractivity contribution in [1.82, 2.24) is 4.57 Å². The molecule has 1 atom stereocenters. The number of esters is 2. The summed E-state index contributed by atoms with van der Waals surface area (Å²) in [6, 6.07) is 15.5. The third-order valence-electron chi connectivity index (χ3n) is 5.17.